The summed E-state index contributed by atoms with van der Waals surface area (Å²) in [7, 11) is 0. The quantitative estimate of drug-likeness (QED) is 0.204. The van der Waals surface area contributed by atoms with E-state index < -0.39 is 5.41 Å². The van der Waals surface area contributed by atoms with Crippen LogP contribution in [0.3, 0.4) is 0 Å². The highest BCUT2D eigenvalue weighted by atomic mass is 16.5. The van der Waals surface area contributed by atoms with Crippen molar-refractivity contribution in [2.45, 2.75) is 24.7 Å². The Bertz CT molecular complexity index is 2240. The van der Waals surface area contributed by atoms with Gasteiger partial charge in [0.2, 0.25) is 0 Å². The molecule has 2 heteroatoms. The monoisotopic (exact) mass is 577 g/mol. The molecule has 0 saturated carbocycles. The Morgan fingerprint density at radius 3 is 1.82 bits per heavy atom. The molecule has 0 radical (unpaired) electrons. The van der Waals surface area contributed by atoms with Gasteiger partial charge in [-0.25, -0.2) is 4.98 Å². The SMILES string of the molecule is CC1(C)c2ccccc2C2(c3ccccc3Oc3ccccc32)c2cc(-c3ccc4cccc(-c5ccccc5)c4n3)ccc21. The molecule has 0 fully saturated rings. The number of pyridine rings is 1. The van der Waals surface area contributed by atoms with Crippen LogP contribution in [-0.4, -0.2) is 4.98 Å². The number of aromatic nitrogens is 1. The lowest BCUT2D eigenvalue weighted by Crippen LogP contribution is -2.43. The summed E-state index contributed by atoms with van der Waals surface area (Å²) in [5, 5.41) is 1.14. The molecule has 6 aromatic carbocycles. The Labute approximate surface area is 263 Å². The molecule has 1 aliphatic carbocycles. The Balaban J connectivity index is 1.36. The first-order valence-electron chi connectivity index (χ1n) is 15.6. The number of hydrogen-bond acceptors (Lipinski definition) is 2. The topological polar surface area (TPSA) is 22.1 Å². The van der Waals surface area contributed by atoms with E-state index >= 15 is 0 Å². The minimum atomic E-state index is -0.547. The number of benzene rings is 6. The molecule has 0 atom stereocenters. The van der Waals surface area contributed by atoms with Crippen LogP contribution >= 0.6 is 0 Å². The van der Waals surface area contributed by atoms with Gasteiger partial charge in [-0.05, 0) is 52.1 Å². The van der Waals surface area contributed by atoms with Gasteiger partial charge in [0.05, 0.1) is 16.6 Å². The molecule has 0 N–H and O–H groups in total. The highest BCUT2D eigenvalue weighted by molar-refractivity contribution is 5.95. The Hall–Kier alpha value is -5.47. The summed E-state index contributed by atoms with van der Waals surface area (Å²) in [6.45, 7) is 4.71. The summed E-state index contributed by atoms with van der Waals surface area (Å²) in [6.07, 6.45) is 0. The molecule has 0 amide bonds. The number of rotatable bonds is 2. The van der Waals surface area contributed by atoms with E-state index in [9.17, 15) is 0 Å². The lowest BCUT2D eigenvalue weighted by molar-refractivity contribution is 0.425. The molecule has 9 rings (SSSR count). The minimum absolute atomic E-state index is 0.199. The van der Waals surface area contributed by atoms with Gasteiger partial charge in [-0.15, -0.1) is 0 Å². The fourth-order valence-electron chi connectivity index (χ4n) is 7.94. The molecule has 1 aliphatic heterocycles. The molecule has 45 heavy (non-hydrogen) atoms. The minimum Gasteiger partial charge on any atom is -0.457 e. The Kier molecular flexibility index (Phi) is 5.49. The van der Waals surface area contributed by atoms with Crippen molar-refractivity contribution in [3.8, 4) is 33.9 Å². The van der Waals surface area contributed by atoms with Crippen LogP contribution in [0.25, 0.3) is 33.3 Å². The van der Waals surface area contributed by atoms with Gasteiger partial charge in [0.1, 0.15) is 11.5 Å². The molecule has 0 unspecified atom stereocenters. The molecular weight excluding hydrogens is 546 g/mol. The average Bonchev–Trinajstić information content (AvgIpc) is 3.10. The molecule has 2 nitrogen and oxygen atoms in total. The largest absolute Gasteiger partial charge is 0.457 e. The molecule has 7 aromatic rings. The van der Waals surface area contributed by atoms with Gasteiger partial charge < -0.3 is 4.74 Å². The Morgan fingerprint density at radius 2 is 1.09 bits per heavy atom. The number of ether oxygens (including phenoxy) is 1. The van der Waals surface area contributed by atoms with Crippen molar-refractivity contribution >= 4 is 10.9 Å². The second-order valence-electron chi connectivity index (χ2n) is 12.7. The maximum atomic E-state index is 6.59. The van der Waals surface area contributed by atoms with Crippen molar-refractivity contribution < 1.29 is 4.74 Å². The van der Waals surface area contributed by atoms with Crippen molar-refractivity contribution in [1.82, 2.24) is 4.98 Å². The van der Waals surface area contributed by atoms with E-state index in [2.05, 4.69) is 166 Å². The third-order valence-electron chi connectivity index (χ3n) is 10.0. The molecule has 0 saturated heterocycles. The second kappa shape index (κ2) is 9.51. The first-order valence-corrected chi connectivity index (χ1v) is 15.6. The predicted octanol–water partition coefficient (Wildman–Crippen LogP) is 10.7. The van der Waals surface area contributed by atoms with Gasteiger partial charge in [-0.1, -0.05) is 141 Å². The molecule has 214 valence electrons. The summed E-state index contributed by atoms with van der Waals surface area (Å²) in [4.78, 5) is 5.35. The van der Waals surface area contributed by atoms with Gasteiger partial charge in [0.15, 0.2) is 0 Å². The zero-order valence-electron chi connectivity index (χ0n) is 25.3. The standard InChI is InChI=1S/C43H31NO/c1-42(2)32-17-6-7-18-34(32)43(35-19-8-10-21-39(35)45-40-22-11-9-20-36(40)43)37-27-30(23-25-33(37)42)38-26-24-29-15-12-16-31(41(29)44-38)28-13-4-3-5-14-28/h3-27H,1-2H3. The van der Waals surface area contributed by atoms with Crippen LogP contribution in [0.1, 0.15) is 47.2 Å². The highest BCUT2D eigenvalue weighted by Crippen LogP contribution is 2.61. The number of para-hydroxylation sites is 3. The molecule has 1 aromatic heterocycles. The summed E-state index contributed by atoms with van der Waals surface area (Å²) < 4.78 is 6.59. The van der Waals surface area contributed by atoms with Crippen LogP contribution in [-0.2, 0) is 10.8 Å². The Morgan fingerprint density at radius 1 is 0.467 bits per heavy atom. The lowest BCUT2D eigenvalue weighted by Gasteiger charge is -2.50. The third kappa shape index (κ3) is 3.60. The molecule has 2 heterocycles. The van der Waals surface area contributed by atoms with Gasteiger partial charge in [0, 0.05) is 33.1 Å². The average molecular weight is 578 g/mol. The van der Waals surface area contributed by atoms with Crippen LogP contribution in [0, 0.1) is 0 Å². The van der Waals surface area contributed by atoms with E-state index in [-0.39, 0.29) is 5.41 Å². The first kappa shape index (κ1) is 26.0. The fourth-order valence-corrected chi connectivity index (χ4v) is 7.94. The van der Waals surface area contributed by atoms with Crippen LogP contribution in [0.4, 0.5) is 0 Å². The van der Waals surface area contributed by atoms with E-state index in [0.717, 1.165) is 39.2 Å². The zero-order valence-corrected chi connectivity index (χ0v) is 25.3. The second-order valence-corrected chi connectivity index (χ2v) is 12.7. The molecule has 1 spiro atoms. The summed E-state index contributed by atoms with van der Waals surface area (Å²) in [6, 6.07) is 54.5. The predicted molar refractivity (Wildman–Crippen MR) is 183 cm³/mol. The fraction of sp³-hybridized carbons (Fsp3) is 0.0930. The smallest absolute Gasteiger partial charge is 0.132 e. The van der Waals surface area contributed by atoms with Gasteiger partial charge in [0.25, 0.3) is 0 Å². The van der Waals surface area contributed by atoms with Gasteiger partial charge in [-0.3, -0.25) is 0 Å². The third-order valence-corrected chi connectivity index (χ3v) is 10.0. The van der Waals surface area contributed by atoms with E-state index in [4.69, 9.17) is 9.72 Å². The summed E-state index contributed by atoms with van der Waals surface area (Å²) >= 11 is 0. The maximum Gasteiger partial charge on any atom is 0.132 e. The van der Waals surface area contributed by atoms with Crippen LogP contribution < -0.4 is 4.74 Å². The highest BCUT2D eigenvalue weighted by Gasteiger charge is 2.52. The van der Waals surface area contributed by atoms with Crippen LogP contribution in [0.15, 0.2) is 152 Å². The first-order chi connectivity index (χ1) is 22.1. The summed E-state index contributed by atoms with van der Waals surface area (Å²) in [5.41, 5.74) is 12.2. The van der Waals surface area contributed by atoms with Crippen molar-refractivity contribution in [1.29, 1.82) is 0 Å². The van der Waals surface area contributed by atoms with Crippen molar-refractivity contribution in [2.75, 3.05) is 0 Å². The maximum absolute atomic E-state index is 6.59. The van der Waals surface area contributed by atoms with Crippen molar-refractivity contribution in [3.63, 3.8) is 0 Å². The van der Waals surface area contributed by atoms with Crippen molar-refractivity contribution in [2.24, 2.45) is 0 Å². The lowest BCUT2D eigenvalue weighted by atomic mass is 9.53. The molecule has 2 aliphatic rings. The van der Waals surface area contributed by atoms with E-state index in [1.54, 1.807) is 0 Å². The van der Waals surface area contributed by atoms with Gasteiger partial charge in [-0.2, -0.15) is 0 Å². The zero-order chi connectivity index (χ0) is 30.2. The summed E-state index contributed by atoms with van der Waals surface area (Å²) in [5.74, 6) is 1.80. The van der Waals surface area contributed by atoms with E-state index in [0.29, 0.717) is 0 Å². The number of nitrogens with zero attached hydrogens (tertiary/aromatic N) is 1. The van der Waals surface area contributed by atoms with E-state index in [1.165, 1.54) is 38.9 Å². The normalized spacial score (nSPS) is 15.0. The van der Waals surface area contributed by atoms with E-state index in [1.807, 2.05) is 0 Å². The molecule has 0 bridgehead atoms. The van der Waals surface area contributed by atoms with Crippen LogP contribution in [0.5, 0.6) is 11.5 Å². The van der Waals surface area contributed by atoms with Gasteiger partial charge >= 0.3 is 0 Å². The number of hydrogen-bond donors (Lipinski definition) is 0. The number of fused-ring (bicyclic) bond motifs is 9. The van der Waals surface area contributed by atoms with Crippen LogP contribution in [0.2, 0.25) is 0 Å². The molecular formula is C43H31NO. The van der Waals surface area contributed by atoms with Crippen molar-refractivity contribution in [3.05, 3.63) is 185 Å².